The van der Waals surface area contributed by atoms with Gasteiger partial charge in [0, 0.05) is 17.4 Å². The number of aliphatic hydroxyl groups excluding tert-OH is 1. The molecule has 0 spiro atoms. The fraction of sp³-hybridized carbons (Fsp3) is 0.800. The van der Waals surface area contributed by atoms with Crippen LogP contribution in [0.25, 0.3) is 0 Å². The van der Waals surface area contributed by atoms with E-state index in [9.17, 15) is 25.2 Å². The van der Waals surface area contributed by atoms with Gasteiger partial charge in [0.15, 0.2) is 5.78 Å². The maximum atomic E-state index is 12.3. The van der Waals surface area contributed by atoms with Crippen LogP contribution in [0, 0.1) is 5.41 Å². The van der Waals surface area contributed by atoms with Crippen LogP contribution in [-0.2, 0) is 4.79 Å². The van der Waals surface area contributed by atoms with Gasteiger partial charge in [0.05, 0.1) is 11.7 Å². The average molecular weight is 284 g/mol. The summed E-state index contributed by atoms with van der Waals surface area (Å²) in [6, 6.07) is 0. The van der Waals surface area contributed by atoms with Gasteiger partial charge < -0.3 is 20.4 Å². The van der Waals surface area contributed by atoms with E-state index in [0.29, 0.717) is 12.8 Å². The third-order valence-corrected chi connectivity index (χ3v) is 5.17. The normalized spacial score (nSPS) is 45.9. The topological polar surface area (TPSA) is 98.0 Å². The second-order valence-corrected chi connectivity index (χ2v) is 7.25. The highest BCUT2D eigenvalue weighted by Crippen LogP contribution is 2.55. The predicted octanol–water partition coefficient (Wildman–Crippen LogP) is 0.300. The van der Waals surface area contributed by atoms with E-state index in [1.165, 1.54) is 26.8 Å². The van der Waals surface area contributed by atoms with Crippen molar-refractivity contribution in [3.8, 4) is 0 Å². The molecule has 5 heteroatoms. The van der Waals surface area contributed by atoms with E-state index in [0.717, 1.165) is 0 Å². The molecule has 20 heavy (non-hydrogen) atoms. The second kappa shape index (κ2) is 4.13. The minimum Gasteiger partial charge on any atom is -0.390 e. The maximum absolute atomic E-state index is 12.3. The summed E-state index contributed by atoms with van der Waals surface area (Å²) < 4.78 is 0. The number of hydrogen-bond donors (Lipinski definition) is 4. The highest BCUT2D eigenvalue weighted by Gasteiger charge is 2.65. The van der Waals surface area contributed by atoms with E-state index < -0.39 is 28.3 Å². The van der Waals surface area contributed by atoms with Crippen LogP contribution in [0.15, 0.2) is 11.6 Å². The van der Waals surface area contributed by atoms with Crippen LogP contribution < -0.4 is 0 Å². The number of aliphatic hydroxyl groups is 4. The van der Waals surface area contributed by atoms with Gasteiger partial charge in [0.2, 0.25) is 0 Å². The molecule has 0 aromatic heterocycles. The van der Waals surface area contributed by atoms with E-state index in [1.54, 1.807) is 6.92 Å². The Morgan fingerprint density at radius 3 is 2.35 bits per heavy atom. The highest BCUT2D eigenvalue weighted by atomic mass is 16.4. The Labute approximate surface area is 118 Å². The molecule has 2 aliphatic rings. The fourth-order valence-electron chi connectivity index (χ4n) is 3.59. The van der Waals surface area contributed by atoms with Crippen molar-refractivity contribution in [3.05, 3.63) is 11.6 Å². The summed E-state index contributed by atoms with van der Waals surface area (Å²) in [7, 11) is 0. The smallest absolute Gasteiger partial charge is 0.162 e. The summed E-state index contributed by atoms with van der Waals surface area (Å²) in [6.07, 6.45) is 0.990. The Morgan fingerprint density at radius 2 is 1.85 bits per heavy atom. The van der Waals surface area contributed by atoms with Gasteiger partial charge in [-0.05, 0) is 39.7 Å². The lowest BCUT2D eigenvalue weighted by Crippen LogP contribution is -2.70. The third kappa shape index (κ3) is 1.88. The number of carbonyl (C=O) groups is 1. The largest absolute Gasteiger partial charge is 0.390 e. The molecule has 0 aliphatic heterocycles. The Kier molecular flexibility index (Phi) is 3.23. The number of fused-ring (bicyclic) bond motifs is 1. The molecule has 5 nitrogen and oxygen atoms in total. The summed E-state index contributed by atoms with van der Waals surface area (Å²) in [6.45, 7) is 6.06. The molecule has 114 valence electrons. The van der Waals surface area contributed by atoms with E-state index >= 15 is 0 Å². The molecule has 0 radical (unpaired) electrons. The number of rotatable bonds is 1. The lowest BCUT2D eigenvalue weighted by Gasteiger charge is -2.58. The van der Waals surface area contributed by atoms with E-state index in [1.807, 2.05) is 0 Å². The molecular formula is C15H24O5. The zero-order chi connectivity index (χ0) is 15.6. The van der Waals surface area contributed by atoms with Crippen molar-refractivity contribution >= 4 is 5.78 Å². The monoisotopic (exact) mass is 284 g/mol. The second-order valence-electron chi connectivity index (χ2n) is 7.25. The predicted molar refractivity (Wildman–Crippen MR) is 72.9 cm³/mol. The van der Waals surface area contributed by atoms with Crippen LogP contribution in [0.3, 0.4) is 0 Å². The van der Waals surface area contributed by atoms with Crippen molar-refractivity contribution in [2.45, 2.75) is 69.9 Å². The fourth-order valence-corrected chi connectivity index (χ4v) is 3.59. The molecule has 0 aromatic carbocycles. The molecule has 4 atom stereocenters. The zero-order valence-corrected chi connectivity index (χ0v) is 12.5. The zero-order valence-electron chi connectivity index (χ0n) is 12.5. The third-order valence-electron chi connectivity index (χ3n) is 5.17. The van der Waals surface area contributed by atoms with Crippen LogP contribution in [0.4, 0.5) is 0 Å². The minimum atomic E-state index is -1.77. The van der Waals surface area contributed by atoms with Crippen molar-refractivity contribution in [1.82, 2.24) is 0 Å². The first kappa shape index (κ1) is 15.6. The standard InChI is InChI=1S/C15H24O5/c1-12(2,18)9-7-15(20)13(3,8-10(9)16)6-5-11(17)14(15,4)19/h7,11,17-20H,5-6,8H2,1-4H3/t11-,13-,14+,15+/m1/s1. The average Bonchev–Trinajstić information content (AvgIpc) is 2.27. The van der Waals surface area contributed by atoms with Gasteiger partial charge in [0.25, 0.3) is 0 Å². The maximum Gasteiger partial charge on any atom is 0.162 e. The molecule has 0 heterocycles. The molecule has 2 rings (SSSR count). The molecule has 0 bridgehead atoms. The number of Topliss-reactive ketones (excluding diaryl/α,β-unsaturated/α-hetero) is 1. The SMILES string of the molecule is CC(C)(O)C1=C[C@]2(O)[C@](C)(CC[C@@H](O)[C@]2(C)O)CC1=O. The van der Waals surface area contributed by atoms with Gasteiger partial charge in [0.1, 0.15) is 11.2 Å². The molecule has 0 saturated heterocycles. The summed E-state index contributed by atoms with van der Waals surface area (Å²) in [5.41, 5.74) is -5.67. The summed E-state index contributed by atoms with van der Waals surface area (Å²) in [5, 5.41) is 41.8. The molecule has 4 N–H and O–H groups in total. The Hall–Kier alpha value is -0.750. The minimum absolute atomic E-state index is 0.0438. The molecular weight excluding hydrogens is 260 g/mol. The van der Waals surface area contributed by atoms with E-state index in [-0.39, 0.29) is 17.8 Å². The molecule has 1 saturated carbocycles. The molecule has 0 unspecified atom stereocenters. The molecule has 1 fully saturated rings. The van der Waals surface area contributed by atoms with Crippen molar-refractivity contribution in [2.75, 3.05) is 0 Å². The molecule has 0 amide bonds. The molecule has 2 aliphatic carbocycles. The highest BCUT2D eigenvalue weighted by molar-refractivity contribution is 5.99. The summed E-state index contributed by atoms with van der Waals surface area (Å²) >= 11 is 0. The van der Waals surface area contributed by atoms with Gasteiger partial charge in [-0.1, -0.05) is 6.92 Å². The summed E-state index contributed by atoms with van der Waals surface area (Å²) in [5.74, 6) is -0.225. The Balaban J connectivity index is 2.64. The van der Waals surface area contributed by atoms with Crippen molar-refractivity contribution in [3.63, 3.8) is 0 Å². The van der Waals surface area contributed by atoms with Crippen LogP contribution in [0.2, 0.25) is 0 Å². The lowest BCUT2D eigenvalue weighted by atomic mass is 9.51. The number of ketones is 1. The van der Waals surface area contributed by atoms with Crippen LogP contribution in [0.1, 0.15) is 47.0 Å². The van der Waals surface area contributed by atoms with Gasteiger partial charge in [-0.15, -0.1) is 0 Å². The van der Waals surface area contributed by atoms with Gasteiger partial charge in [-0.3, -0.25) is 4.79 Å². The van der Waals surface area contributed by atoms with Crippen molar-refractivity contribution < 1.29 is 25.2 Å². The first-order chi connectivity index (χ1) is 8.85. The first-order valence-electron chi connectivity index (χ1n) is 6.97. The van der Waals surface area contributed by atoms with Crippen LogP contribution in [0.5, 0.6) is 0 Å². The van der Waals surface area contributed by atoms with Crippen molar-refractivity contribution in [2.24, 2.45) is 5.41 Å². The first-order valence-corrected chi connectivity index (χ1v) is 6.97. The van der Waals surface area contributed by atoms with Gasteiger partial charge >= 0.3 is 0 Å². The van der Waals surface area contributed by atoms with E-state index in [4.69, 9.17) is 0 Å². The quantitative estimate of drug-likeness (QED) is 0.555. The van der Waals surface area contributed by atoms with Gasteiger partial charge in [-0.2, -0.15) is 0 Å². The Bertz CT molecular complexity index is 473. The number of carbonyl (C=O) groups excluding carboxylic acids is 1. The van der Waals surface area contributed by atoms with Crippen molar-refractivity contribution in [1.29, 1.82) is 0 Å². The van der Waals surface area contributed by atoms with E-state index in [2.05, 4.69) is 0 Å². The lowest BCUT2D eigenvalue weighted by molar-refractivity contribution is -0.246. The summed E-state index contributed by atoms with van der Waals surface area (Å²) in [4.78, 5) is 12.3. The van der Waals surface area contributed by atoms with Crippen LogP contribution in [-0.4, -0.2) is 49.1 Å². The van der Waals surface area contributed by atoms with Gasteiger partial charge in [-0.25, -0.2) is 0 Å². The molecule has 0 aromatic rings. The number of hydrogen-bond acceptors (Lipinski definition) is 5. The van der Waals surface area contributed by atoms with Crippen LogP contribution >= 0.6 is 0 Å². The Morgan fingerprint density at radius 1 is 1.30 bits per heavy atom.